The topological polar surface area (TPSA) is 39.7 Å². The normalized spacial score (nSPS) is 13.2. The van der Waals surface area contributed by atoms with Crippen molar-refractivity contribution < 1.29 is 0 Å². The van der Waals surface area contributed by atoms with Gasteiger partial charge >= 0.3 is 0 Å². The van der Waals surface area contributed by atoms with E-state index in [1.807, 2.05) is 7.05 Å². The molecular formula is C20H36N4. The van der Waals surface area contributed by atoms with Gasteiger partial charge in [-0.15, -0.1) is 0 Å². The van der Waals surface area contributed by atoms with E-state index < -0.39 is 0 Å². The molecule has 0 aliphatic heterocycles. The highest BCUT2D eigenvalue weighted by molar-refractivity contribution is 5.79. The highest BCUT2D eigenvalue weighted by atomic mass is 15.2. The van der Waals surface area contributed by atoms with E-state index in [2.05, 4.69) is 72.5 Å². The lowest BCUT2D eigenvalue weighted by atomic mass is 10.0. The predicted molar refractivity (Wildman–Crippen MR) is 106 cm³/mol. The van der Waals surface area contributed by atoms with Gasteiger partial charge in [-0.2, -0.15) is 0 Å². The number of hydrogen-bond donors (Lipinski definition) is 2. The zero-order chi connectivity index (χ0) is 17.8. The maximum atomic E-state index is 4.32. The van der Waals surface area contributed by atoms with Gasteiger partial charge in [-0.1, -0.05) is 50.6 Å². The SMILES string of the molecule is CCN(CC)CCCCNC(=NC)NCC(C)c1ccc(C)cc1. The largest absolute Gasteiger partial charge is 0.356 e. The lowest BCUT2D eigenvalue weighted by Gasteiger charge is -2.18. The van der Waals surface area contributed by atoms with Gasteiger partial charge in [-0.25, -0.2) is 0 Å². The molecule has 2 N–H and O–H groups in total. The van der Waals surface area contributed by atoms with Gasteiger partial charge in [-0.05, 0) is 50.9 Å². The van der Waals surface area contributed by atoms with Gasteiger partial charge in [0.1, 0.15) is 0 Å². The number of unbranched alkanes of at least 4 members (excludes halogenated alkanes) is 1. The summed E-state index contributed by atoms with van der Waals surface area (Å²) in [6, 6.07) is 8.78. The van der Waals surface area contributed by atoms with Crippen LogP contribution in [-0.2, 0) is 0 Å². The average Bonchev–Trinajstić information content (AvgIpc) is 2.61. The van der Waals surface area contributed by atoms with Gasteiger partial charge in [0.2, 0.25) is 0 Å². The number of nitrogens with zero attached hydrogens (tertiary/aromatic N) is 2. The van der Waals surface area contributed by atoms with Crippen LogP contribution >= 0.6 is 0 Å². The molecule has 4 nitrogen and oxygen atoms in total. The molecule has 0 amide bonds. The van der Waals surface area contributed by atoms with Crippen LogP contribution in [0.5, 0.6) is 0 Å². The minimum Gasteiger partial charge on any atom is -0.356 e. The van der Waals surface area contributed by atoms with E-state index in [0.29, 0.717) is 5.92 Å². The van der Waals surface area contributed by atoms with Gasteiger partial charge in [0.15, 0.2) is 5.96 Å². The summed E-state index contributed by atoms with van der Waals surface area (Å²) >= 11 is 0. The van der Waals surface area contributed by atoms with E-state index in [4.69, 9.17) is 0 Å². The molecule has 0 saturated heterocycles. The summed E-state index contributed by atoms with van der Waals surface area (Å²) in [5.41, 5.74) is 2.67. The van der Waals surface area contributed by atoms with Crippen molar-refractivity contribution in [2.24, 2.45) is 4.99 Å². The van der Waals surface area contributed by atoms with Crippen LogP contribution in [0.4, 0.5) is 0 Å². The van der Waals surface area contributed by atoms with Crippen LogP contribution in [-0.4, -0.2) is 50.6 Å². The second kappa shape index (κ2) is 11.9. The molecule has 0 radical (unpaired) electrons. The zero-order valence-corrected chi connectivity index (χ0v) is 16.2. The molecule has 1 atom stereocenters. The van der Waals surface area contributed by atoms with Crippen molar-refractivity contribution >= 4 is 5.96 Å². The third kappa shape index (κ3) is 7.82. The minimum absolute atomic E-state index is 0.465. The molecule has 0 aliphatic carbocycles. The van der Waals surface area contributed by atoms with E-state index in [9.17, 15) is 0 Å². The smallest absolute Gasteiger partial charge is 0.190 e. The van der Waals surface area contributed by atoms with E-state index >= 15 is 0 Å². The Labute approximate surface area is 148 Å². The average molecular weight is 333 g/mol. The molecule has 0 aromatic heterocycles. The molecule has 24 heavy (non-hydrogen) atoms. The summed E-state index contributed by atoms with van der Waals surface area (Å²) in [5, 5.41) is 6.85. The molecule has 0 fully saturated rings. The van der Waals surface area contributed by atoms with Gasteiger partial charge < -0.3 is 15.5 Å². The van der Waals surface area contributed by atoms with Crippen molar-refractivity contribution in [3.63, 3.8) is 0 Å². The number of nitrogens with one attached hydrogen (secondary N) is 2. The Balaban J connectivity index is 2.24. The van der Waals surface area contributed by atoms with Crippen LogP contribution in [0.15, 0.2) is 29.3 Å². The van der Waals surface area contributed by atoms with E-state index in [1.54, 1.807) is 0 Å². The lowest BCUT2D eigenvalue weighted by Crippen LogP contribution is -2.39. The Kier molecular flexibility index (Phi) is 10.2. The molecule has 0 aliphatic rings. The first-order valence-corrected chi connectivity index (χ1v) is 9.34. The first-order valence-electron chi connectivity index (χ1n) is 9.34. The van der Waals surface area contributed by atoms with Crippen molar-refractivity contribution in [3.05, 3.63) is 35.4 Å². The molecular weight excluding hydrogens is 296 g/mol. The third-order valence-electron chi connectivity index (χ3n) is 4.53. The maximum Gasteiger partial charge on any atom is 0.190 e. The maximum absolute atomic E-state index is 4.32. The fourth-order valence-corrected chi connectivity index (χ4v) is 2.69. The van der Waals surface area contributed by atoms with E-state index in [0.717, 1.165) is 32.1 Å². The monoisotopic (exact) mass is 332 g/mol. The first-order chi connectivity index (χ1) is 11.6. The summed E-state index contributed by atoms with van der Waals surface area (Å²) < 4.78 is 0. The molecule has 0 saturated carbocycles. The standard InChI is InChI=1S/C20H36N4/c1-6-24(7-2)15-9-8-14-22-20(21-5)23-16-18(4)19-12-10-17(3)11-13-19/h10-13,18H,6-9,14-16H2,1-5H3,(H2,21,22,23). The number of guanidine groups is 1. The van der Waals surface area contributed by atoms with Crippen LogP contribution in [0, 0.1) is 6.92 Å². The fraction of sp³-hybridized carbons (Fsp3) is 0.650. The molecule has 1 aromatic carbocycles. The van der Waals surface area contributed by atoms with Gasteiger partial charge in [0, 0.05) is 20.1 Å². The Hall–Kier alpha value is -1.55. The molecule has 1 aromatic rings. The highest BCUT2D eigenvalue weighted by Crippen LogP contribution is 2.14. The molecule has 0 heterocycles. The summed E-state index contributed by atoms with van der Waals surface area (Å²) in [6.07, 6.45) is 2.40. The quantitative estimate of drug-likeness (QED) is 0.392. The number of aliphatic imine (C=N–C) groups is 1. The van der Waals surface area contributed by atoms with Gasteiger partial charge in [0.25, 0.3) is 0 Å². The second-order valence-corrected chi connectivity index (χ2v) is 6.43. The second-order valence-electron chi connectivity index (χ2n) is 6.43. The summed E-state index contributed by atoms with van der Waals surface area (Å²) in [5.74, 6) is 1.36. The van der Waals surface area contributed by atoms with Gasteiger partial charge in [-0.3, -0.25) is 4.99 Å². The number of aryl methyl sites for hydroxylation is 1. The zero-order valence-electron chi connectivity index (χ0n) is 16.2. The summed E-state index contributed by atoms with van der Waals surface area (Å²) in [4.78, 5) is 6.79. The molecule has 0 spiro atoms. The Bertz CT molecular complexity index is 463. The van der Waals surface area contributed by atoms with Crippen molar-refractivity contribution in [1.82, 2.24) is 15.5 Å². The Morgan fingerprint density at radius 2 is 1.75 bits per heavy atom. The minimum atomic E-state index is 0.465. The van der Waals surface area contributed by atoms with Crippen LogP contribution in [0.25, 0.3) is 0 Å². The number of benzene rings is 1. The summed E-state index contributed by atoms with van der Waals surface area (Å²) in [7, 11) is 1.84. The molecule has 1 unspecified atom stereocenters. The van der Waals surface area contributed by atoms with Crippen LogP contribution < -0.4 is 10.6 Å². The molecule has 136 valence electrons. The predicted octanol–water partition coefficient (Wildman–Crippen LogP) is 3.39. The van der Waals surface area contributed by atoms with Crippen molar-refractivity contribution in [3.8, 4) is 0 Å². The van der Waals surface area contributed by atoms with Crippen molar-refractivity contribution in [2.75, 3.05) is 39.8 Å². The lowest BCUT2D eigenvalue weighted by molar-refractivity contribution is 0.297. The van der Waals surface area contributed by atoms with Crippen molar-refractivity contribution in [2.45, 2.75) is 46.5 Å². The fourth-order valence-electron chi connectivity index (χ4n) is 2.69. The number of rotatable bonds is 10. The van der Waals surface area contributed by atoms with Crippen LogP contribution in [0.2, 0.25) is 0 Å². The van der Waals surface area contributed by atoms with E-state index in [-0.39, 0.29) is 0 Å². The molecule has 4 heteroatoms. The molecule has 0 bridgehead atoms. The summed E-state index contributed by atoms with van der Waals surface area (Å²) in [6.45, 7) is 14.2. The highest BCUT2D eigenvalue weighted by Gasteiger charge is 2.06. The van der Waals surface area contributed by atoms with Crippen molar-refractivity contribution in [1.29, 1.82) is 0 Å². The third-order valence-corrected chi connectivity index (χ3v) is 4.53. The van der Waals surface area contributed by atoms with E-state index in [1.165, 1.54) is 30.5 Å². The van der Waals surface area contributed by atoms with Crippen LogP contribution in [0.1, 0.15) is 50.7 Å². The Morgan fingerprint density at radius 3 is 2.33 bits per heavy atom. The Morgan fingerprint density at radius 1 is 1.08 bits per heavy atom. The van der Waals surface area contributed by atoms with Gasteiger partial charge in [0.05, 0.1) is 0 Å². The van der Waals surface area contributed by atoms with Crippen LogP contribution in [0.3, 0.4) is 0 Å². The molecule has 1 rings (SSSR count). The first kappa shape index (κ1) is 20.5. The number of hydrogen-bond acceptors (Lipinski definition) is 2.